The number of benzene rings is 2. The number of hydrogen-bond donors (Lipinski definition) is 1. The first-order chi connectivity index (χ1) is 11.3. The Morgan fingerprint density at radius 1 is 1.17 bits per heavy atom. The number of halogens is 1. The molecule has 0 bridgehead atoms. The second-order valence-corrected chi connectivity index (χ2v) is 6.23. The Balaban J connectivity index is 1.54. The van der Waals surface area contributed by atoms with Crippen molar-refractivity contribution in [3.63, 3.8) is 0 Å². The summed E-state index contributed by atoms with van der Waals surface area (Å²) in [5, 5.41) is 4.20. The minimum absolute atomic E-state index is 0.356. The van der Waals surface area contributed by atoms with Crippen molar-refractivity contribution in [1.29, 1.82) is 0 Å². The Hall–Kier alpha value is -1.55. The van der Waals surface area contributed by atoms with Gasteiger partial charge in [0.05, 0.1) is 6.10 Å². The Labute approximate surface area is 142 Å². The molecule has 0 unspecified atom stereocenters. The highest BCUT2D eigenvalue weighted by atomic mass is 35.5. The number of para-hydroxylation sites is 1. The van der Waals surface area contributed by atoms with Gasteiger partial charge in [0.1, 0.15) is 12.4 Å². The van der Waals surface area contributed by atoms with Crippen molar-refractivity contribution in [2.45, 2.75) is 32.1 Å². The third-order valence-electron chi connectivity index (χ3n) is 3.97. The third-order valence-corrected chi connectivity index (χ3v) is 4.20. The highest BCUT2D eigenvalue weighted by Gasteiger charge is 2.14. The third kappa shape index (κ3) is 4.96. The van der Waals surface area contributed by atoms with E-state index in [1.54, 1.807) is 0 Å². The zero-order chi connectivity index (χ0) is 15.9. The number of rotatable bonds is 7. The van der Waals surface area contributed by atoms with E-state index in [4.69, 9.17) is 21.1 Å². The lowest BCUT2D eigenvalue weighted by Crippen LogP contribution is -2.25. The summed E-state index contributed by atoms with van der Waals surface area (Å²) in [4.78, 5) is 0. The molecule has 122 valence electrons. The molecule has 1 saturated heterocycles. The van der Waals surface area contributed by atoms with E-state index in [0.29, 0.717) is 12.7 Å². The minimum atomic E-state index is 0.356. The van der Waals surface area contributed by atoms with E-state index in [0.717, 1.165) is 48.0 Å². The molecule has 2 aromatic rings. The molecule has 1 aliphatic heterocycles. The average Bonchev–Trinajstić information content (AvgIpc) is 3.07. The second kappa shape index (κ2) is 8.34. The Morgan fingerprint density at radius 2 is 2.09 bits per heavy atom. The summed E-state index contributed by atoms with van der Waals surface area (Å²) in [6, 6.07) is 15.9. The summed E-state index contributed by atoms with van der Waals surface area (Å²) >= 11 is 6.01. The van der Waals surface area contributed by atoms with Gasteiger partial charge in [0.15, 0.2) is 0 Å². The van der Waals surface area contributed by atoms with Gasteiger partial charge >= 0.3 is 0 Å². The van der Waals surface area contributed by atoms with Crippen LogP contribution < -0.4 is 10.1 Å². The number of ether oxygens (including phenoxy) is 2. The fourth-order valence-electron chi connectivity index (χ4n) is 2.75. The molecule has 0 saturated carbocycles. The van der Waals surface area contributed by atoms with Gasteiger partial charge < -0.3 is 14.8 Å². The fraction of sp³-hybridized carbons (Fsp3) is 0.368. The van der Waals surface area contributed by atoms with Crippen molar-refractivity contribution < 1.29 is 9.47 Å². The van der Waals surface area contributed by atoms with Crippen molar-refractivity contribution in [3.05, 3.63) is 64.7 Å². The van der Waals surface area contributed by atoms with Gasteiger partial charge in [0.25, 0.3) is 0 Å². The summed E-state index contributed by atoms with van der Waals surface area (Å²) in [6.45, 7) is 3.09. The van der Waals surface area contributed by atoms with E-state index >= 15 is 0 Å². The van der Waals surface area contributed by atoms with Gasteiger partial charge in [-0.25, -0.2) is 0 Å². The maximum atomic E-state index is 6.01. The van der Waals surface area contributed by atoms with Crippen LogP contribution in [0.15, 0.2) is 48.5 Å². The van der Waals surface area contributed by atoms with Gasteiger partial charge in [-0.2, -0.15) is 0 Å². The van der Waals surface area contributed by atoms with Crippen LogP contribution in [-0.2, 0) is 17.9 Å². The molecule has 4 heteroatoms. The summed E-state index contributed by atoms with van der Waals surface area (Å²) in [6.07, 6.45) is 2.68. The monoisotopic (exact) mass is 331 g/mol. The SMILES string of the molecule is Clc1cccc(COc2ccccc2CNC[C@@H]2CCCO2)c1. The van der Waals surface area contributed by atoms with Crippen LogP contribution in [0.2, 0.25) is 5.02 Å². The van der Waals surface area contributed by atoms with Crippen LogP contribution in [0.3, 0.4) is 0 Å². The molecule has 0 amide bonds. The summed E-state index contributed by atoms with van der Waals surface area (Å²) in [7, 11) is 0. The lowest BCUT2D eigenvalue weighted by Gasteiger charge is -2.14. The molecule has 1 N–H and O–H groups in total. The topological polar surface area (TPSA) is 30.5 Å². The predicted octanol–water partition coefficient (Wildman–Crippen LogP) is 4.19. The highest BCUT2D eigenvalue weighted by molar-refractivity contribution is 6.30. The molecule has 1 aliphatic rings. The van der Waals surface area contributed by atoms with E-state index in [-0.39, 0.29) is 0 Å². The molecule has 2 aromatic carbocycles. The van der Waals surface area contributed by atoms with Gasteiger partial charge in [-0.15, -0.1) is 0 Å². The van der Waals surface area contributed by atoms with E-state index in [1.165, 1.54) is 6.42 Å². The molecule has 1 heterocycles. The molecule has 0 aliphatic carbocycles. The van der Waals surface area contributed by atoms with Crippen molar-refractivity contribution in [2.75, 3.05) is 13.2 Å². The van der Waals surface area contributed by atoms with Crippen LogP contribution in [-0.4, -0.2) is 19.3 Å². The zero-order valence-corrected chi connectivity index (χ0v) is 13.9. The molecule has 23 heavy (non-hydrogen) atoms. The standard InChI is InChI=1S/C19H22ClNO2/c20-17-7-3-5-15(11-17)14-23-19-9-2-1-6-16(19)12-21-13-18-8-4-10-22-18/h1-3,5-7,9,11,18,21H,4,8,10,12-14H2/t18-/m0/s1. The quantitative estimate of drug-likeness (QED) is 0.825. The molecule has 1 fully saturated rings. The minimum Gasteiger partial charge on any atom is -0.489 e. The molecule has 0 spiro atoms. The molecule has 3 rings (SSSR count). The summed E-state index contributed by atoms with van der Waals surface area (Å²) < 4.78 is 11.6. The molecular weight excluding hydrogens is 310 g/mol. The van der Waals surface area contributed by atoms with E-state index in [2.05, 4.69) is 11.4 Å². The molecule has 1 atom stereocenters. The van der Waals surface area contributed by atoms with Crippen LogP contribution in [0.1, 0.15) is 24.0 Å². The van der Waals surface area contributed by atoms with Gasteiger partial charge in [0.2, 0.25) is 0 Å². The average molecular weight is 332 g/mol. The smallest absolute Gasteiger partial charge is 0.124 e. The molecule has 3 nitrogen and oxygen atoms in total. The first-order valence-corrected chi connectivity index (χ1v) is 8.46. The molecule has 0 aromatic heterocycles. The number of nitrogens with one attached hydrogen (secondary N) is 1. The predicted molar refractivity (Wildman–Crippen MR) is 92.9 cm³/mol. The molecular formula is C19H22ClNO2. The fourth-order valence-corrected chi connectivity index (χ4v) is 2.96. The van der Waals surface area contributed by atoms with Gasteiger partial charge in [-0.1, -0.05) is 41.9 Å². The Bertz CT molecular complexity index is 626. The van der Waals surface area contributed by atoms with Gasteiger partial charge in [-0.3, -0.25) is 0 Å². The van der Waals surface area contributed by atoms with Crippen molar-refractivity contribution in [3.8, 4) is 5.75 Å². The lowest BCUT2D eigenvalue weighted by molar-refractivity contribution is 0.110. The van der Waals surface area contributed by atoms with Crippen LogP contribution >= 0.6 is 11.6 Å². The van der Waals surface area contributed by atoms with E-state index in [1.807, 2.05) is 42.5 Å². The zero-order valence-electron chi connectivity index (χ0n) is 13.1. The van der Waals surface area contributed by atoms with Crippen LogP contribution in [0, 0.1) is 0 Å². The van der Waals surface area contributed by atoms with Crippen molar-refractivity contribution in [2.24, 2.45) is 0 Å². The van der Waals surface area contributed by atoms with Crippen LogP contribution in [0.25, 0.3) is 0 Å². The summed E-state index contributed by atoms with van der Waals surface area (Å²) in [5.41, 5.74) is 2.23. The Morgan fingerprint density at radius 3 is 2.91 bits per heavy atom. The van der Waals surface area contributed by atoms with Crippen molar-refractivity contribution in [1.82, 2.24) is 5.32 Å². The maximum absolute atomic E-state index is 6.01. The van der Waals surface area contributed by atoms with Crippen molar-refractivity contribution >= 4 is 11.6 Å². The normalized spacial score (nSPS) is 17.3. The lowest BCUT2D eigenvalue weighted by atomic mass is 10.2. The first-order valence-electron chi connectivity index (χ1n) is 8.09. The Kier molecular flexibility index (Phi) is 5.92. The first kappa shape index (κ1) is 16.3. The van der Waals surface area contributed by atoms with Crippen LogP contribution in [0.5, 0.6) is 5.75 Å². The number of hydrogen-bond acceptors (Lipinski definition) is 3. The summed E-state index contributed by atoms with van der Waals surface area (Å²) in [5.74, 6) is 0.910. The van der Waals surface area contributed by atoms with Crippen LogP contribution in [0.4, 0.5) is 0 Å². The van der Waals surface area contributed by atoms with E-state index in [9.17, 15) is 0 Å². The maximum Gasteiger partial charge on any atom is 0.124 e. The van der Waals surface area contributed by atoms with E-state index < -0.39 is 0 Å². The molecule has 0 radical (unpaired) electrons. The largest absolute Gasteiger partial charge is 0.489 e. The highest BCUT2D eigenvalue weighted by Crippen LogP contribution is 2.20. The van der Waals surface area contributed by atoms with Gasteiger partial charge in [-0.05, 0) is 36.6 Å². The van der Waals surface area contributed by atoms with Gasteiger partial charge in [0, 0.05) is 30.3 Å². The second-order valence-electron chi connectivity index (χ2n) is 5.79.